The zero-order valence-electron chi connectivity index (χ0n) is 10.3. The number of fused-ring (bicyclic) bond motifs is 1. The van der Waals surface area contributed by atoms with Crippen LogP contribution < -0.4 is 10.6 Å². The van der Waals surface area contributed by atoms with Crippen LogP contribution in [0.25, 0.3) is 10.2 Å². The predicted octanol–water partition coefficient (Wildman–Crippen LogP) is 3.02. The highest BCUT2D eigenvalue weighted by Gasteiger charge is 2.04. The van der Waals surface area contributed by atoms with Crippen LogP contribution >= 0.6 is 11.3 Å². The van der Waals surface area contributed by atoms with Gasteiger partial charge in [0.05, 0.1) is 10.2 Å². The van der Waals surface area contributed by atoms with Crippen molar-refractivity contribution < 1.29 is 0 Å². The van der Waals surface area contributed by atoms with Crippen LogP contribution in [0, 0.1) is 0 Å². The lowest BCUT2D eigenvalue weighted by Crippen LogP contribution is -2.21. The van der Waals surface area contributed by atoms with Crippen molar-refractivity contribution in [3.8, 4) is 0 Å². The average molecular weight is 259 g/mol. The molecule has 0 unspecified atom stereocenters. The lowest BCUT2D eigenvalue weighted by atomic mass is 10.1. The molecule has 3 nitrogen and oxygen atoms in total. The summed E-state index contributed by atoms with van der Waals surface area (Å²) in [7, 11) is 0. The Morgan fingerprint density at radius 3 is 3.11 bits per heavy atom. The molecule has 2 heterocycles. The summed E-state index contributed by atoms with van der Waals surface area (Å²) in [4.78, 5) is 4.57. The van der Waals surface area contributed by atoms with Crippen LogP contribution in [0.2, 0.25) is 0 Å². The minimum Gasteiger partial charge on any atom is -0.361 e. The van der Waals surface area contributed by atoms with Crippen LogP contribution in [-0.2, 0) is 0 Å². The lowest BCUT2D eigenvalue weighted by Gasteiger charge is -2.13. The van der Waals surface area contributed by atoms with Crippen molar-refractivity contribution in [1.29, 1.82) is 0 Å². The quantitative estimate of drug-likeness (QED) is 0.829. The SMILES string of the molecule is C1=C(CCNc2nc3ccccc3s2)CCNC1. The number of para-hydroxylation sites is 1. The molecule has 0 spiro atoms. The smallest absolute Gasteiger partial charge is 0.183 e. The van der Waals surface area contributed by atoms with E-state index in [1.807, 2.05) is 6.07 Å². The number of hydrogen-bond acceptors (Lipinski definition) is 4. The molecule has 1 aromatic heterocycles. The fourth-order valence-corrected chi connectivity index (χ4v) is 3.07. The minimum absolute atomic E-state index is 0.978. The molecule has 2 N–H and O–H groups in total. The summed E-state index contributed by atoms with van der Waals surface area (Å²) in [5.41, 5.74) is 2.65. The fourth-order valence-electron chi connectivity index (χ4n) is 2.17. The van der Waals surface area contributed by atoms with Crippen molar-refractivity contribution in [2.75, 3.05) is 25.0 Å². The van der Waals surface area contributed by atoms with Gasteiger partial charge in [-0.15, -0.1) is 0 Å². The van der Waals surface area contributed by atoms with E-state index >= 15 is 0 Å². The van der Waals surface area contributed by atoms with E-state index < -0.39 is 0 Å². The van der Waals surface area contributed by atoms with Gasteiger partial charge in [-0.3, -0.25) is 0 Å². The van der Waals surface area contributed by atoms with Gasteiger partial charge in [0, 0.05) is 13.1 Å². The van der Waals surface area contributed by atoms with Gasteiger partial charge in [0.2, 0.25) is 0 Å². The third-order valence-electron chi connectivity index (χ3n) is 3.17. The topological polar surface area (TPSA) is 37.0 Å². The summed E-state index contributed by atoms with van der Waals surface area (Å²) in [6.45, 7) is 3.12. The monoisotopic (exact) mass is 259 g/mol. The summed E-state index contributed by atoms with van der Waals surface area (Å²) >= 11 is 1.73. The lowest BCUT2D eigenvalue weighted by molar-refractivity contribution is 0.683. The predicted molar refractivity (Wildman–Crippen MR) is 78.3 cm³/mol. The first kappa shape index (κ1) is 11.7. The zero-order chi connectivity index (χ0) is 12.2. The summed E-state index contributed by atoms with van der Waals surface area (Å²) < 4.78 is 1.25. The maximum Gasteiger partial charge on any atom is 0.183 e. The van der Waals surface area contributed by atoms with Gasteiger partial charge in [0.1, 0.15) is 0 Å². The molecule has 0 bridgehead atoms. The molecule has 18 heavy (non-hydrogen) atoms. The van der Waals surface area contributed by atoms with Crippen LogP contribution in [0.1, 0.15) is 12.8 Å². The van der Waals surface area contributed by atoms with Crippen LogP contribution in [0.4, 0.5) is 5.13 Å². The van der Waals surface area contributed by atoms with E-state index in [0.717, 1.165) is 36.7 Å². The molecule has 1 aromatic carbocycles. The molecule has 2 aromatic rings. The first-order chi connectivity index (χ1) is 8.92. The fraction of sp³-hybridized carbons (Fsp3) is 0.357. The normalized spacial score (nSPS) is 15.7. The van der Waals surface area contributed by atoms with Crippen molar-refractivity contribution in [3.05, 3.63) is 35.9 Å². The molecule has 0 saturated carbocycles. The number of aromatic nitrogens is 1. The van der Waals surface area contributed by atoms with E-state index in [2.05, 4.69) is 39.9 Å². The van der Waals surface area contributed by atoms with Crippen molar-refractivity contribution in [2.45, 2.75) is 12.8 Å². The molecular weight excluding hydrogens is 242 g/mol. The first-order valence-electron chi connectivity index (χ1n) is 6.40. The van der Waals surface area contributed by atoms with E-state index in [4.69, 9.17) is 0 Å². The second-order valence-corrected chi connectivity index (χ2v) is 5.51. The highest BCUT2D eigenvalue weighted by Crippen LogP contribution is 2.25. The van der Waals surface area contributed by atoms with Gasteiger partial charge in [-0.1, -0.05) is 35.1 Å². The summed E-state index contributed by atoms with van der Waals surface area (Å²) in [5.74, 6) is 0. The number of nitrogens with zero attached hydrogens (tertiary/aromatic N) is 1. The molecule has 0 atom stereocenters. The summed E-state index contributed by atoms with van der Waals surface area (Å²) in [6, 6.07) is 8.27. The third-order valence-corrected chi connectivity index (χ3v) is 4.17. The van der Waals surface area contributed by atoms with Gasteiger partial charge in [-0.25, -0.2) is 4.98 Å². The van der Waals surface area contributed by atoms with Gasteiger partial charge in [0.25, 0.3) is 0 Å². The Hall–Kier alpha value is -1.39. The van der Waals surface area contributed by atoms with Crippen molar-refractivity contribution in [1.82, 2.24) is 10.3 Å². The molecule has 0 fully saturated rings. The van der Waals surface area contributed by atoms with Gasteiger partial charge in [0.15, 0.2) is 5.13 Å². The molecule has 3 rings (SSSR count). The number of thiazole rings is 1. The summed E-state index contributed by atoms with van der Waals surface area (Å²) in [5, 5.41) is 7.79. The highest BCUT2D eigenvalue weighted by atomic mass is 32.1. The standard InChI is InChI=1S/C14H17N3S/c1-2-4-13-12(3-1)17-14(18-13)16-10-7-11-5-8-15-9-6-11/h1-5,15H,6-10H2,(H,16,17). The Labute approximate surface area is 111 Å². The Morgan fingerprint density at radius 1 is 1.33 bits per heavy atom. The van der Waals surface area contributed by atoms with Crippen LogP contribution in [0.5, 0.6) is 0 Å². The first-order valence-corrected chi connectivity index (χ1v) is 7.21. The Morgan fingerprint density at radius 2 is 2.28 bits per heavy atom. The second kappa shape index (κ2) is 5.50. The van der Waals surface area contributed by atoms with E-state index in [-0.39, 0.29) is 0 Å². The van der Waals surface area contributed by atoms with Crippen molar-refractivity contribution >= 4 is 26.7 Å². The van der Waals surface area contributed by atoms with Gasteiger partial charge >= 0.3 is 0 Å². The maximum atomic E-state index is 4.57. The molecule has 1 aliphatic rings. The largest absolute Gasteiger partial charge is 0.361 e. The number of nitrogens with one attached hydrogen (secondary N) is 2. The van der Waals surface area contributed by atoms with Crippen LogP contribution in [-0.4, -0.2) is 24.6 Å². The van der Waals surface area contributed by atoms with Crippen molar-refractivity contribution in [2.24, 2.45) is 0 Å². The number of benzene rings is 1. The maximum absolute atomic E-state index is 4.57. The average Bonchev–Trinajstić information content (AvgIpc) is 2.82. The van der Waals surface area contributed by atoms with E-state index in [1.165, 1.54) is 11.1 Å². The molecule has 4 heteroatoms. The third kappa shape index (κ3) is 2.71. The Bertz CT molecular complexity index is 526. The van der Waals surface area contributed by atoms with E-state index in [1.54, 1.807) is 16.9 Å². The minimum atomic E-state index is 0.978. The number of rotatable bonds is 4. The second-order valence-electron chi connectivity index (χ2n) is 4.48. The van der Waals surface area contributed by atoms with Crippen LogP contribution in [0.15, 0.2) is 35.9 Å². The molecule has 94 valence electrons. The van der Waals surface area contributed by atoms with Gasteiger partial charge in [-0.05, 0) is 31.5 Å². The number of hydrogen-bond donors (Lipinski definition) is 2. The van der Waals surface area contributed by atoms with Crippen LogP contribution in [0.3, 0.4) is 0 Å². The molecule has 0 amide bonds. The molecule has 0 aliphatic carbocycles. The molecule has 1 aliphatic heterocycles. The Kier molecular flexibility index (Phi) is 3.57. The zero-order valence-corrected chi connectivity index (χ0v) is 11.1. The van der Waals surface area contributed by atoms with E-state index in [9.17, 15) is 0 Å². The Balaban J connectivity index is 1.58. The highest BCUT2D eigenvalue weighted by molar-refractivity contribution is 7.22. The molecule has 0 radical (unpaired) electrons. The van der Waals surface area contributed by atoms with E-state index in [0.29, 0.717) is 0 Å². The molecule has 0 saturated heterocycles. The van der Waals surface area contributed by atoms with Gasteiger partial charge in [-0.2, -0.15) is 0 Å². The number of anilines is 1. The summed E-state index contributed by atoms with van der Waals surface area (Å²) in [6.07, 6.45) is 4.61. The van der Waals surface area contributed by atoms with Gasteiger partial charge < -0.3 is 10.6 Å². The van der Waals surface area contributed by atoms with Crippen molar-refractivity contribution in [3.63, 3.8) is 0 Å². The molecular formula is C14H17N3S.